The van der Waals surface area contributed by atoms with Crippen LogP contribution in [0, 0.1) is 18.3 Å². The van der Waals surface area contributed by atoms with Crippen molar-refractivity contribution in [3.63, 3.8) is 0 Å². The molecule has 1 aromatic heterocycles. The Morgan fingerprint density at radius 1 is 1.16 bits per heavy atom. The SMILES string of the molecule is C#CCC.C=C(C)C.CCC(C)/C=C(\C)c1cc(C(F)(F)F)nn1CC(C)(C)NC(=O)[C@@H](CC(=C/N)/C=N/C(F)F)NC(=O)OC(C)(C)C. The fourth-order valence-electron chi connectivity index (χ4n) is 3.67. The number of nitrogens with one attached hydrogen (secondary N) is 2. The third-order valence-electron chi connectivity index (χ3n) is 5.88. The lowest BCUT2D eigenvalue weighted by Crippen LogP contribution is -2.55. The number of nitrogens with zero attached hydrogens (tertiary/aromatic N) is 3. The summed E-state index contributed by atoms with van der Waals surface area (Å²) in [6, 6.07) is -0.391. The number of carbonyl (C=O) groups excluding carboxylic acids is 2. The Labute approximate surface area is 288 Å². The Morgan fingerprint density at radius 3 is 2.10 bits per heavy atom. The zero-order valence-electron chi connectivity index (χ0n) is 30.7. The normalized spacial score (nSPS) is 13.7. The summed E-state index contributed by atoms with van der Waals surface area (Å²) in [5.74, 6) is 1.78. The molecule has 0 spiro atoms. The third kappa shape index (κ3) is 22.2. The maximum Gasteiger partial charge on any atom is 0.435 e. The van der Waals surface area contributed by atoms with E-state index in [9.17, 15) is 31.5 Å². The third-order valence-corrected chi connectivity index (χ3v) is 5.88. The van der Waals surface area contributed by atoms with Gasteiger partial charge >= 0.3 is 18.8 Å². The molecule has 4 N–H and O–H groups in total. The number of alkyl halides is 5. The average molecular weight is 703 g/mol. The minimum atomic E-state index is -4.68. The molecule has 0 aliphatic carbocycles. The van der Waals surface area contributed by atoms with E-state index in [0.29, 0.717) is 5.57 Å². The molecule has 0 saturated heterocycles. The first-order valence-corrected chi connectivity index (χ1v) is 15.7. The summed E-state index contributed by atoms with van der Waals surface area (Å²) in [6.07, 6.45) is 4.05. The van der Waals surface area contributed by atoms with E-state index < -0.39 is 47.6 Å². The first-order valence-electron chi connectivity index (χ1n) is 15.7. The van der Waals surface area contributed by atoms with Crippen LogP contribution < -0.4 is 16.4 Å². The number of halogens is 5. The number of allylic oxidation sites excluding steroid dienone is 3. The van der Waals surface area contributed by atoms with Crippen molar-refractivity contribution in [2.75, 3.05) is 0 Å². The van der Waals surface area contributed by atoms with Gasteiger partial charge in [-0.25, -0.2) is 9.79 Å². The van der Waals surface area contributed by atoms with Crippen LogP contribution in [0.4, 0.5) is 26.7 Å². The predicted octanol–water partition coefficient (Wildman–Crippen LogP) is 8.28. The topological polar surface area (TPSA) is 124 Å². The van der Waals surface area contributed by atoms with Gasteiger partial charge in [-0.05, 0) is 84.7 Å². The molecule has 2 atom stereocenters. The second kappa shape index (κ2) is 21.7. The van der Waals surface area contributed by atoms with E-state index in [0.717, 1.165) is 31.3 Å². The van der Waals surface area contributed by atoms with Gasteiger partial charge in [0.2, 0.25) is 5.91 Å². The number of aliphatic imine (C=N–C) groups is 1. The molecule has 1 unspecified atom stereocenters. The number of ether oxygens (including phenoxy) is 1. The zero-order valence-corrected chi connectivity index (χ0v) is 30.7. The Morgan fingerprint density at radius 2 is 1.69 bits per heavy atom. The zero-order chi connectivity index (χ0) is 38.8. The molecule has 14 heteroatoms. The van der Waals surface area contributed by atoms with Gasteiger partial charge < -0.3 is 21.1 Å². The maximum atomic E-state index is 13.5. The second-order valence-electron chi connectivity index (χ2n) is 13.1. The van der Waals surface area contributed by atoms with Crippen molar-refractivity contribution in [3.05, 3.63) is 47.5 Å². The van der Waals surface area contributed by atoms with Crippen molar-refractivity contribution in [1.29, 1.82) is 0 Å². The summed E-state index contributed by atoms with van der Waals surface area (Å²) in [6.45, 7) is 19.8. The van der Waals surface area contributed by atoms with E-state index in [1.807, 2.05) is 40.7 Å². The lowest BCUT2D eigenvalue weighted by molar-refractivity contribution is -0.141. The van der Waals surface area contributed by atoms with Gasteiger partial charge in [-0.1, -0.05) is 38.8 Å². The number of terminal acetylenes is 1. The first-order chi connectivity index (χ1) is 22.3. The molecule has 1 rings (SSSR count). The molecule has 0 fully saturated rings. The summed E-state index contributed by atoms with van der Waals surface area (Å²) in [4.78, 5) is 28.8. The predicted molar refractivity (Wildman–Crippen MR) is 187 cm³/mol. The second-order valence-corrected chi connectivity index (χ2v) is 13.1. The van der Waals surface area contributed by atoms with Crippen molar-refractivity contribution < 1.29 is 36.3 Å². The van der Waals surface area contributed by atoms with Crippen LogP contribution in [-0.4, -0.2) is 51.7 Å². The monoisotopic (exact) mass is 702 g/mol. The summed E-state index contributed by atoms with van der Waals surface area (Å²) in [5, 5.41) is 8.86. The number of amides is 2. The van der Waals surface area contributed by atoms with Crippen LogP contribution in [0.5, 0.6) is 0 Å². The number of hydrogen-bond acceptors (Lipinski definition) is 6. The van der Waals surface area contributed by atoms with Gasteiger partial charge in [-0.15, -0.1) is 18.9 Å². The van der Waals surface area contributed by atoms with Crippen LogP contribution in [0.2, 0.25) is 0 Å². The average Bonchev–Trinajstić information content (AvgIpc) is 3.36. The molecule has 0 radical (unpaired) electrons. The van der Waals surface area contributed by atoms with Crippen LogP contribution in [0.1, 0.15) is 107 Å². The van der Waals surface area contributed by atoms with Crippen molar-refractivity contribution in [1.82, 2.24) is 20.4 Å². The molecule has 2 amide bonds. The molecule has 1 aromatic rings. The van der Waals surface area contributed by atoms with Gasteiger partial charge in [-0.2, -0.15) is 27.1 Å². The molecule has 0 aliphatic rings. The molecular weight excluding hydrogens is 647 g/mol. The molecule has 0 bridgehead atoms. The fraction of sp³-hybridized carbons (Fsp3) is 0.600. The Balaban J connectivity index is 0. The highest BCUT2D eigenvalue weighted by Gasteiger charge is 2.36. The van der Waals surface area contributed by atoms with Crippen molar-refractivity contribution in [2.45, 2.75) is 132 Å². The van der Waals surface area contributed by atoms with Crippen molar-refractivity contribution >= 4 is 23.8 Å². The van der Waals surface area contributed by atoms with E-state index in [4.69, 9.17) is 16.9 Å². The number of alkyl carbamates (subject to hydrolysis) is 1. The van der Waals surface area contributed by atoms with Gasteiger partial charge in [0.1, 0.15) is 11.6 Å². The molecule has 0 aromatic carbocycles. The van der Waals surface area contributed by atoms with Gasteiger partial charge in [-0.3, -0.25) is 9.48 Å². The standard InChI is InChI=1S/C27H41F5N6O3.C4H8.C4H6/c1-9-16(2)10-17(3)20-12-21(27(30,31)32)37-38(20)15-26(7,8)36-22(39)19(35-24(40)41-25(4,5)6)11-18(13-33)14-34-23(28)29;1-4(2)3;1-3-4-2/h10,12-14,16,19,23H,9,11,15,33H2,1-8H3,(H,35,40)(H,36,39);1H2,2-3H3;1H,4H2,2H3/b17-10+,18-13-,34-14+;;/t16?,19-;;/m1../s1. The highest BCUT2D eigenvalue weighted by Crippen LogP contribution is 2.31. The van der Waals surface area contributed by atoms with E-state index in [2.05, 4.69) is 33.2 Å². The molecule has 0 saturated carbocycles. The maximum absolute atomic E-state index is 13.5. The minimum Gasteiger partial charge on any atom is -0.444 e. The number of carbonyl (C=O) groups is 2. The molecule has 1 heterocycles. The number of hydrogen-bond donors (Lipinski definition) is 3. The summed E-state index contributed by atoms with van der Waals surface area (Å²) in [7, 11) is 0. The highest BCUT2D eigenvalue weighted by molar-refractivity contribution is 5.88. The molecular formula is C35H55F5N6O3. The van der Waals surface area contributed by atoms with E-state index in [1.165, 1.54) is 10.3 Å². The minimum absolute atomic E-state index is 0.0225. The lowest BCUT2D eigenvalue weighted by Gasteiger charge is -2.30. The highest BCUT2D eigenvalue weighted by atomic mass is 19.4. The Kier molecular flexibility index (Phi) is 20.8. The van der Waals surface area contributed by atoms with Crippen LogP contribution >= 0.6 is 0 Å². The van der Waals surface area contributed by atoms with Crippen LogP contribution in [-0.2, 0) is 22.3 Å². The largest absolute Gasteiger partial charge is 0.444 e. The smallest absolute Gasteiger partial charge is 0.435 e. The van der Waals surface area contributed by atoms with E-state index in [1.54, 1.807) is 41.5 Å². The summed E-state index contributed by atoms with van der Waals surface area (Å²) in [5.41, 5.74) is 4.36. The van der Waals surface area contributed by atoms with Gasteiger partial charge in [0.25, 0.3) is 0 Å². The van der Waals surface area contributed by atoms with E-state index in [-0.39, 0.29) is 30.2 Å². The Bertz CT molecular complexity index is 1330. The molecule has 278 valence electrons. The number of nitrogens with two attached hydrogens (primary N) is 1. The number of rotatable bonds is 12. The first kappa shape index (κ1) is 47.0. The summed E-state index contributed by atoms with van der Waals surface area (Å²) < 4.78 is 72.2. The quantitative estimate of drug-likeness (QED) is 0.0665. The van der Waals surface area contributed by atoms with Gasteiger partial charge in [0.05, 0.1) is 17.8 Å². The van der Waals surface area contributed by atoms with Gasteiger partial charge in [0, 0.05) is 19.1 Å². The Hall–Kier alpha value is -4.15. The van der Waals surface area contributed by atoms with Gasteiger partial charge in [0.15, 0.2) is 5.69 Å². The van der Waals surface area contributed by atoms with Crippen LogP contribution in [0.15, 0.2) is 41.1 Å². The van der Waals surface area contributed by atoms with Crippen LogP contribution in [0.25, 0.3) is 5.57 Å². The van der Waals surface area contributed by atoms with E-state index >= 15 is 0 Å². The van der Waals surface area contributed by atoms with Crippen LogP contribution in [0.3, 0.4) is 0 Å². The summed E-state index contributed by atoms with van der Waals surface area (Å²) >= 11 is 0. The van der Waals surface area contributed by atoms with Crippen molar-refractivity contribution in [2.24, 2.45) is 16.6 Å². The lowest BCUT2D eigenvalue weighted by atomic mass is 10.0. The molecule has 9 nitrogen and oxygen atoms in total. The number of aromatic nitrogens is 2. The fourth-order valence-corrected chi connectivity index (χ4v) is 3.67. The molecule has 0 aliphatic heterocycles. The van der Waals surface area contributed by atoms with Crippen molar-refractivity contribution in [3.8, 4) is 12.3 Å². The molecule has 49 heavy (non-hydrogen) atoms.